The Morgan fingerprint density at radius 1 is 1.46 bits per heavy atom. The number of hydrogen-bond acceptors (Lipinski definition) is 3. The molecule has 1 aromatic rings. The fraction of sp³-hybridized carbons (Fsp3) is 0.600. The lowest BCUT2D eigenvalue weighted by Crippen LogP contribution is -2.35. The molecular weight excluding hydrogens is 162 g/mol. The molecule has 1 aliphatic carbocycles. The van der Waals surface area contributed by atoms with E-state index in [0.29, 0.717) is 5.92 Å². The van der Waals surface area contributed by atoms with Crippen molar-refractivity contribution in [2.75, 3.05) is 0 Å². The van der Waals surface area contributed by atoms with E-state index < -0.39 is 0 Å². The van der Waals surface area contributed by atoms with Crippen LogP contribution >= 0.6 is 0 Å². The summed E-state index contributed by atoms with van der Waals surface area (Å²) in [6, 6.07) is 1.82. The highest BCUT2D eigenvalue weighted by molar-refractivity contribution is 5.08. The quantitative estimate of drug-likeness (QED) is 0.706. The molecule has 1 saturated carbocycles. The van der Waals surface area contributed by atoms with Gasteiger partial charge in [0.1, 0.15) is 5.82 Å². The Hall–Kier alpha value is -0.960. The smallest absolute Gasteiger partial charge is 0.147 e. The summed E-state index contributed by atoms with van der Waals surface area (Å²) in [5.41, 5.74) is 5.98. The second kappa shape index (κ2) is 3.07. The van der Waals surface area contributed by atoms with Crippen molar-refractivity contribution in [2.45, 2.75) is 31.7 Å². The molecule has 0 bridgehead atoms. The van der Waals surface area contributed by atoms with Gasteiger partial charge in [0.15, 0.2) is 0 Å². The van der Waals surface area contributed by atoms with E-state index in [4.69, 9.17) is 5.73 Å². The highest BCUT2D eigenvalue weighted by Crippen LogP contribution is 2.37. The molecule has 0 amide bonds. The Morgan fingerprint density at radius 3 is 2.69 bits per heavy atom. The number of nitrogens with zero attached hydrogens (tertiary/aromatic N) is 2. The lowest BCUT2D eigenvalue weighted by Gasteiger charge is -2.21. The molecule has 0 aromatic carbocycles. The third kappa shape index (κ3) is 1.56. The molecule has 0 radical (unpaired) electrons. The van der Waals surface area contributed by atoms with E-state index in [0.717, 1.165) is 18.7 Å². The van der Waals surface area contributed by atoms with Gasteiger partial charge in [-0.3, -0.25) is 0 Å². The summed E-state index contributed by atoms with van der Waals surface area (Å²) in [6.07, 6.45) is 6.74. The predicted octanol–water partition coefficient (Wildman–Crippen LogP) is 1.45. The highest BCUT2D eigenvalue weighted by atomic mass is 15.0. The minimum absolute atomic E-state index is 0.263. The van der Waals surface area contributed by atoms with E-state index in [1.807, 2.05) is 6.07 Å². The van der Waals surface area contributed by atoms with E-state index in [2.05, 4.69) is 16.9 Å². The van der Waals surface area contributed by atoms with Crippen molar-refractivity contribution in [3.63, 3.8) is 0 Å². The van der Waals surface area contributed by atoms with Crippen molar-refractivity contribution < 1.29 is 0 Å². The van der Waals surface area contributed by atoms with Crippen LogP contribution in [-0.4, -0.2) is 9.97 Å². The Morgan fingerprint density at radius 2 is 2.15 bits per heavy atom. The minimum Gasteiger partial charge on any atom is -0.319 e. The van der Waals surface area contributed by atoms with Gasteiger partial charge < -0.3 is 5.73 Å². The lowest BCUT2D eigenvalue weighted by atomic mass is 9.97. The summed E-state index contributed by atoms with van der Waals surface area (Å²) < 4.78 is 0. The number of hydrogen-bond donors (Lipinski definition) is 1. The highest BCUT2D eigenvalue weighted by Gasteiger charge is 2.37. The first kappa shape index (κ1) is 8.63. The van der Waals surface area contributed by atoms with Gasteiger partial charge in [-0.15, -0.1) is 0 Å². The van der Waals surface area contributed by atoms with Gasteiger partial charge in [-0.05, 0) is 31.2 Å². The van der Waals surface area contributed by atoms with Gasteiger partial charge >= 0.3 is 0 Å². The summed E-state index contributed by atoms with van der Waals surface area (Å²) >= 11 is 0. The monoisotopic (exact) mass is 177 g/mol. The molecule has 1 aliphatic rings. The molecule has 0 aliphatic heterocycles. The predicted molar refractivity (Wildman–Crippen MR) is 50.9 cm³/mol. The van der Waals surface area contributed by atoms with Crippen LogP contribution in [0.15, 0.2) is 18.5 Å². The number of rotatable bonds is 1. The molecule has 0 spiro atoms. The van der Waals surface area contributed by atoms with Crippen LogP contribution in [-0.2, 0) is 5.54 Å². The standard InChI is InChI=1S/C10H15N3/c1-8-3-4-10(11,7-8)9-12-5-2-6-13-9/h2,5-6,8H,3-4,7,11H2,1H3. The Labute approximate surface area is 78.4 Å². The molecule has 2 atom stereocenters. The summed E-state index contributed by atoms with van der Waals surface area (Å²) in [5, 5.41) is 0. The number of aromatic nitrogens is 2. The zero-order valence-electron chi connectivity index (χ0n) is 7.90. The SMILES string of the molecule is CC1CCC(N)(c2ncccn2)C1. The zero-order valence-corrected chi connectivity index (χ0v) is 7.90. The summed E-state index contributed by atoms with van der Waals surface area (Å²) in [7, 11) is 0. The van der Waals surface area contributed by atoms with Gasteiger partial charge in [0, 0.05) is 12.4 Å². The van der Waals surface area contributed by atoms with E-state index in [1.165, 1.54) is 6.42 Å². The van der Waals surface area contributed by atoms with Crippen LogP contribution in [0.1, 0.15) is 32.0 Å². The van der Waals surface area contributed by atoms with Gasteiger partial charge in [-0.25, -0.2) is 9.97 Å². The van der Waals surface area contributed by atoms with E-state index in [1.54, 1.807) is 12.4 Å². The molecule has 1 heterocycles. The molecular formula is C10H15N3. The largest absolute Gasteiger partial charge is 0.319 e. The molecule has 2 unspecified atom stereocenters. The second-order valence-electron chi connectivity index (χ2n) is 4.08. The summed E-state index contributed by atoms with van der Waals surface area (Å²) in [5.74, 6) is 1.51. The Kier molecular flexibility index (Phi) is 2.04. The van der Waals surface area contributed by atoms with Crippen molar-refractivity contribution in [3.05, 3.63) is 24.3 Å². The first-order valence-electron chi connectivity index (χ1n) is 4.77. The van der Waals surface area contributed by atoms with Gasteiger partial charge in [-0.2, -0.15) is 0 Å². The second-order valence-corrected chi connectivity index (χ2v) is 4.08. The van der Waals surface area contributed by atoms with Crippen molar-refractivity contribution in [3.8, 4) is 0 Å². The summed E-state index contributed by atoms with van der Waals surface area (Å²) in [4.78, 5) is 8.46. The normalized spacial score (nSPS) is 33.5. The van der Waals surface area contributed by atoms with Gasteiger partial charge in [0.25, 0.3) is 0 Å². The molecule has 1 fully saturated rings. The third-order valence-corrected chi connectivity index (χ3v) is 2.81. The molecule has 3 nitrogen and oxygen atoms in total. The first-order valence-corrected chi connectivity index (χ1v) is 4.77. The van der Waals surface area contributed by atoms with Crippen molar-refractivity contribution in [1.29, 1.82) is 0 Å². The van der Waals surface area contributed by atoms with Crippen LogP contribution in [0.4, 0.5) is 0 Å². The maximum Gasteiger partial charge on any atom is 0.147 e. The first-order chi connectivity index (χ1) is 6.21. The molecule has 13 heavy (non-hydrogen) atoms. The molecule has 3 heteroatoms. The topological polar surface area (TPSA) is 51.8 Å². The fourth-order valence-corrected chi connectivity index (χ4v) is 2.09. The van der Waals surface area contributed by atoms with Gasteiger partial charge in [0.05, 0.1) is 5.54 Å². The molecule has 1 aromatic heterocycles. The fourth-order valence-electron chi connectivity index (χ4n) is 2.09. The summed E-state index contributed by atoms with van der Waals surface area (Å²) in [6.45, 7) is 2.23. The van der Waals surface area contributed by atoms with E-state index in [-0.39, 0.29) is 5.54 Å². The molecule has 2 N–H and O–H groups in total. The maximum atomic E-state index is 6.25. The van der Waals surface area contributed by atoms with E-state index in [9.17, 15) is 0 Å². The van der Waals surface area contributed by atoms with Crippen molar-refractivity contribution >= 4 is 0 Å². The van der Waals surface area contributed by atoms with Crippen LogP contribution in [0.5, 0.6) is 0 Å². The van der Waals surface area contributed by atoms with Gasteiger partial charge in [-0.1, -0.05) is 6.92 Å². The van der Waals surface area contributed by atoms with Gasteiger partial charge in [0.2, 0.25) is 0 Å². The maximum absolute atomic E-state index is 6.25. The van der Waals surface area contributed by atoms with Crippen LogP contribution in [0.25, 0.3) is 0 Å². The average Bonchev–Trinajstić information content (AvgIpc) is 2.49. The van der Waals surface area contributed by atoms with Crippen LogP contribution in [0.3, 0.4) is 0 Å². The molecule has 0 saturated heterocycles. The van der Waals surface area contributed by atoms with E-state index >= 15 is 0 Å². The van der Waals surface area contributed by atoms with Crippen molar-refractivity contribution in [2.24, 2.45) is 11.7 Å². The zero-order chi connectivity index (χ0) is 9.31. The molecule has 2 rings (SSSR count). The van der Waals surface area contributed by atoms with Crippen LogP contribution in [0.2, 0.25) is 0 Å². The minimum atomic E-state index is -0.263. The van der Waals surface area contributed by atoms with Crippen molar-refractivity contribution in [1.82, 2.24) is 9.97 Å². The Balaban J connectivity index is 2.26. The lowest BCUT2D eigenvalue weighted by molar-refractivity contribution is 0.414. The van der Waals surface area contributed by atoms with Crippen LogP contribution in [0, 0.1) is 5.92 Å². The Bertz CT molecular complexity index is 285. The number of nitrogens with two attached hydrogens (primary N) is 1. The molecule has 70 valence electrons. The van der Waals surface area contributed by atoms with Crippen LogP contribution < -0.4 is 5.73 Å². The average molecular weight is 177 g/mol. The third-order valence-electron chi connectivity index (χ3n) is 2.81.